The van der Waals surface area contributed by atoms with Crippen molar-refractivity contribution in [2.75, 3.05) is 12.4 Å². The zero-order valence-corrected chi connectivity index (χ0v) is 12.2. The molecule has 0 atom stereocenters. The number of hydrogen-bond donors (Lipinski definition) is 2. The summed E-state index contributed by atoms with van der Waals surface area (Å²) in [6.45, 7) is 2.21. The van der Waals surface area contributed by atoms with Gasteiger partial charge in [-0.15, -0.1) is 0 Å². The minimum atomic E-state index is -0.202. The Kier molecular flexibility index (Phi) is 4.21. The maximum atomic E-state index is 12.1. The van der Waals surface area contributed by atoms with Crippen molar-refractivity contribution in [2.45, 2.75) is 13.5 Å². The van der Waals surface area contributed by atoms with Crippen LogP contribution in [0.3, 0.4) is 0 Å². The first-order valence-corrected chi connectivity index (χ1v) is 6.56. The van der Waals surface area contributed by atoms with Crippen LogP contribution in [0.15, 0.2) is 33.3 Å². The number of rotatable bonds is 4. The Labute approximate surface area is 119 Å². The average molecular weight is 324 g/mol. The summed E-state index contributed by atoms with van der Waals surface area (Å²) in [6, 6.07) is 5.43. The monoisotopic (exact) mass is 323 g/mol. The quantitative estimate of drug-likeness (QED) is 0.907. The lowest BCUT2D eigenvalue weighted by atomic mass is 10.2. The summed E-state index contributed by atoms with van der Waals surface area (Å²) >= 11 is 3.30. The first-order valence-electron chi connectivity index (χ1n) is 5.77. The molecule has 0 saturated carbocycles. The Bertz CT molecular complexity index is 595. The third-order valence-corrected chi connectivity index (χ3v) is 2.99. The molecule has 5 nitrogen and oxygen atoms in total. The maximum Gasteiger partial charge on any atom is 0.255 e. The van der Waals surface area contributed by atoms with Crippen LogP contribution in [0.2, 0.25) is 0 Å². The number of aryl methyl sites for hydroxylation is 1. The maximum absolute atomic E-state index is 12.1. The second-order valence-electron chi connectivity index (χ2n) is 3.99. The van der Waals surface area contributed by atoms with Gasteiger partial charge in [0.2, 0.25) is 0 Å². The van der Waals surface area contributed by atoms with Gasteiger partial charge in [0.1, 0.15) is 17.3 Å². The number of hydrogen-bond acceptors (Lipinski definition) is 4. The number of anilines is 1. The fourth-order valence-electron chi connectivity index (χ4n) is 1.65. The Morgan fingerprint density at radius 3 is 2.89 bits per heavy atom. The summed E-state index contributed by atoms with van der Waals surface area (Å²) in [5.41, 5.74) is 0.486. The Morgan fingerprint density at radius 2 is 2.26 bits per heavy atom. The predicted octanol–water partition coefficient (Wildman–Crippen LogP) is 2.72. The number of amides is 1. The molecule has 0 bridgehead atoms. The number of pyridine rings is 1. The SMILES string of the molecule is CNc1ncc(Br)cc1C(=O)NCc1ccc(C)o1. The number of nitrogens with one attached hydrogen (secondary N) is 2. The summed E-state index contributed by atoms with van der Waals surface area (Å²) < 4.78 is 6.15. The number of furan rings is 1. The van der Waals surface area contributed by atoms with E-state index < -0.39 is 0 Å². The van der Waals surface area contributed by atoms with E-state index in [1.54, 1.807) is 19.3 Å². The van der Waals surface area contributed by atoms with Gasteiger partial charge in [-0.3, -0.25) is 4.79 Å². The van der Waals surface area contributed by atoms with Crippen molar-refractivity contribution in [3.05, 3.63) is 46.0 Å². The highest BCUT2D eigenvalue weighted by molar-refractivity contribution is 9.10. The van der Waals surface area contributed by atoms with Crippen LogP contribution in [0.4, 0.5) is 5.82 Å². The number of aromatic nitrogens is 1. The van der Waals surface area contributed by atoms with Crippen LogP contribution in [0, 0.1) is 6.92 Å². The first kappa shape index (κ1) is 13.6. The molecular weight excluding hydrogens is 310 g/mol. The van der Waals surface area contributed by atoms with E-state index in [4.69, 9.17) is 4.42 Å². The smallest absolute Gasteiger partial charge is 0.255 e. The molecule has 0 aliphatic rings. The molecule has 0 radical (unpaired) electrons. The lowest BCUT2D eigenvalue weighted by Gasteiger charge is -2.08. The zero-order chi connectivity index (χ0) is 13.8. The lowest BCUT2D eigenvalue weighted by molar-refractivity contribution is 0.0948. The van der Waals surface area contributed by atoms with Crippen LogP contribution < -0.4 is 10.6 Å². The molecule has 0 fully saturated rings. The van der Waals surface area contributed by atoms with Gasteiger partial charge in [-0.25, -0.2) is 4.98 Å². The molecule has 0 spiro atoms. The predicted molar refractivity (Wildman–Crippen MR) is 76.1 cm³/mol. The second-order valence-corrected chi connectivity index (χ2v) is 4.91. The molecule has 2 aromatic rings. The Hall–Kier alpha value is -1.82. The molecule has 1 amide bonds. The first-order chi connectivity index (χ1) is 9.10. The molecule has 19 heavy (non-hydrogen) atoms. The number of carbonyl (C=O) groups excluding carboxylic acids is 1. The Balaban J connectivity index is 2.09. The normalized spacial score (nSPS) is 10.3. The molecule has 0 aromatic carbocycles. The third-order valence-electron chi connectivity index (χ3n) is 2.55. The summed E-state index contributed by atoms with van der Waals surface area (Å²) in [5, 5.41) is 5.69. The standard InChI is InChI=1S/C13H14BrN3O2/c1-8-3-4-10(19-8)7-17-13(18)11-5-9(14)6-16-12(11)15-2/h3-6H,7H2,1-2H3,(H,15,16)(H,17,18). The van der Waals surface area contributed by atoms with E-state index in [-0.39, 0.29) is 5.91 Å². The van der Waals surface area contributed by atoms with E-state index in [1.165, 1.54) is 0 Å². The number of halogens is 1. The van der Waals surface area contributed by atoms with Gasteiger partial charge in [-0.2, -0.15) is 0 Å². The van der Waals surface area contributed by atoms with E-state index in [0.717, 1.165) is 16.0 Å². The highest BCUT2D eigenvalue weighted by atomic mass is 79.9. The van der Waals surface area contributed by atoms with Gasteiger partial charge in [0.25, 0.3) is 5.91 Å². The van der Waals surface area contributed by atoms with Gasteiger partial charge in [-0.1, -0.05) is 0 Å². The Morgan fingerprint density at radius 1 is 1.47 bits per heavy atom. The minimum Gasteiger partial charge on any atom is -0.465 e. The highest BCUT2D eigenvalue weighted by Gasteiger charge is 2.13. The van der Waals surface area contributed by atoms with Crippen molar-refractivity contribution >= 4 is 27.7 Å². The zero-order valence-electron chi connectivity index (χ0n) is 10.7. The molecule has 2 heterocycles. The average Bonchev–Trinajstić information content (AvgIpc) is 2.81. The van der Waals surface area contributed by atoms with E-state index in [0.29, 0.717) is 17.9 Å². The summed E-state index contributed by atoms with van der Waals surface area (Å²) in [5.74, 6) is 1.88. The fraction of sp³-hybridized carbons (Fsp3) is 0.231. The van der Waals surface area contributed by atoms with Crippen molar-refractivity contribution in [1.29, 1.82) is 0 Å². The molecule has 0 aliphatic carbocycles. The molecule has 0 aliphatic heterocycles. The van der Waals surface area contributed by atoms with Crippen molar-refractivity contribution in [3.8, 4) is 0 Å². The summed E-state index contributed by atoms with van der Waals surface area (Å²) in [4.78, 5) is 16.2. The minimum absolute atomic E-state index is 0.202. The van der Waals surface area contributed by atoms with Gasteiger partial charge in [0.05, 0.1) is 12.1 Å². The molecule has 0 saturated heterocycles. The van der Waals surface area contributed by atoms with E-state index in [2.05, 4.69) is 31.5 Å². The molecule has 6 heteroatoms. The van der Waals surface area contributed by atoms with Crippen molar-refractivity contribution < 1.29 is 9.21 Å². The summed E-state index contributed by atoms with van der Waals surface area (Å²) in [6.07, 6.45) is 1.64. The molecular formula is C13H14BrN3O2. The van der Waals surface area contributed by atoms with E-state index in [1.807, 2.05) is 19.1 Å². The largest absolute Gasteiger partial charge is 0.465 e. The van der Waals surface area contributed by atoms with Crippen molar-refractivity contribution in [3.63, 3.8) is 0 Å². The third kappa shape index (κ3) is 3.35. The van der Waals surface area contributed by atoms with Crippen molar-refractivity contribution in [1.82, 2.24) is 10.3 Å². The molecule has 2 aromatic heterocycles. The second kappa shape index (κ2) is 5.88. The van der Waals surface area contributed by atoms with Crippen molar-refractivity contribution in [2.24, 2.45) is 0 Å². The van der Waals surface area contributed by atoms with Gasteiger partial charge in [0, 0.05) is 17.7 Å². The van der Waals surface area contributed by atoms with Crippen LogP contribution in [-0.4, -0.2) is 17.9 Å². The number of nitrogens with zero attached hydrogens (tertiary/aromatic N) is 1. The summed E-state index contributed by atoms with van der Waals surface area (Å²) in [7, 11) is 1.73. The van der Waals surface area contributed by atoms with Crippen LogP contribution >= 0.6 is 15.9 Å². The number of carbonyl (C=O) groups is 1. The van der Waals surface area contributed by atoms with Gasteiger partial charge in [-0.05, 0) is 41.1 Å². The molecule has 2 N–H and O–H groups in total. The van der Waals surface area contributed by atoms with Gasteiger partial charge >= 0.3 is 0 Å². The van der Waals surface area contributed by atoms with E-state index >= 15 is 0 Å². The topological polar surface area (TPSA) is 67.2 Å². The lowest BCUT2D eigenvalue weighted by Crippen LogP contribution is -2.23. The van der Waals surface area contributed by atoms with Gasteiger partial charge < -0.3 is 15.1 Å². The molecule has 0 unspecified atom stereocenters. The van der Waals surface area contributed by atoms with E-state index in [9.17, 15) is 4.79 Å². The molecule has 2 rings (SSSR count). The van der Waals surface area contributed by atoms with Crippen LogP contribution in [0.1, 0.15) is 21.9 Å². The van der Waals surface area contributed by atoms with Crippen LogP contribution in [-0.2, 0) is 6.54 Å². The highest BCUT2D eigenvalue weighted by Crippen LogP contribution is 2.17. The van der Waals surface area contributed by atoms with Crippen LogP contribution in [0.25, 0.3) is 0 Å². The fourth-order valence-corrected chi connectivity index (χ4v) is 1.99. The van der Waals surface area contributed by atoms with Gasteiger partial charge in [0.15, 0.2) is 0 Å². The van der Waals surface area contributed by atoms with Crippen LogP contribution in [0.5, 0.6) is 0 Å². The molecule has 100 valence electrons.